The molecule has 74 valence electrons. The van der Waals surface area contributed by atoms with Gasteiger partial charge in [-0.05, 0) is 19.8 Å². The molecule has 0 radical (unpaired) electrons. The maximum absolute atomic E-state index is 11.6. The molecule has 1 rings (SSSR count). The second kappa shape index (κ2) is 3.14. The van der Waals surface area contributed by atoms with E-state index in [0.29, 0.717) is 12.8 Å². The lowest BCUT2D eigenvalue weighted by molar-refractivity contribution is -0.155. The number of carbonyl (C=O) groups is 2. The number of carbonyl (C=O) groups excluding carboxylic acids is 2. The molecule has 3 nitrogen and oxygen atoms in total. The van der Waals surface area contributed by atoms with E-state index < -0.39 is 21.5 Å². The van der Waals surface area contributed by atoms with Crippen LogP contribution in [-0.4, -0.2) is 23.2 Å². The Hall–Kier alpha value is -0.280. The standard InChI is InChI=1S/C8H10Cl2O3/c1-7(6(12)13-2)3-4-8(9,10)5(7)11/h3-4H2,1-2H3. The van der Waals surface area contributed by atoms with Gasteiger partial charge in [0.25, 0.3) is 0 Å². The van der Waals surface area contributed by atoms with Gasteiger partial charge in [0.1, 0.15) is 5.41 Å². The number of methoxy groups -OCH3 is 1. The molecule has 1 aliphatic rings. The predicted octanol–water partition coefficient (Wildman–Crippen LogP) is 1.70. The molecule has 5 heteroatoms. The average molecular weight is 225 g/mol. The van der Waals surface area contributed by atoms with E-state index in [1.165, 1.54) is 14.0 Å². The van der Waals surface area contributed by atoms with E-state index >= 15 is 0 Å². The van der Waals surface area contributed by atoms with Gasteiger partial charge < -0.3 is 4.74 Å². The summed E-state index contributed by atoms with van der Waals surface area (Å²) in [5.74, 6) is -1.03. The van der Waals surface area contributed by atoms with Crippen LogP contribution in [0.2, 0.25) is 0 Å². The van der Waals surface area contributed by atoms with Crippen molar-refractivity contribution in [2.75, 3.05) is 7.11 Å². The predicted molar refractivity (Wildman–Crippen MR) is 48.8 cm³/mol. The number of esters is 1. The first-order valence-corrected chi connectivity index (χ1v) is 4.61. The Bertz CT molecular complexity index is 262. The van der Waals surface area contributed by atoms with Crippen LogP contribution < -0.4 is 0 Å². The van der Waals surface area contributed by atoms with Gasteiger partial charge in [0.05, 0.1) is 7.11 Å². The van der Waals surface area contributed by atoms with Crippen LogP contribution >= 0.6 is 23.2 Å². The number of ketones is 1. The molecular weight excluding hydrogens is 215 g/mol. The van der Waals surface area contributed by atoms with Gasteiger partial charge in [-0.2, -0.15) is 0 Å². The highest BCUT2D eigenvalue weighted by atomic mass is 35.5. The highest BCUT2D eigenvalue weighted by molar-refractivity contribution is 6.60. The number of halogens is 2. The molecule has 1 saturated carbocycles. The van der Waals surface area contributed by atoms with Crippen LogP contribution in [0, 0.1) is 5.41 Å². The van der Waals surface area contributed by atoms with Crippen molar-refractivity contribution < 1.29 is 14.3 Å². The Morgan fingerprint density at radius 3 is 2.31 bits per heavy atom. The summed E-state index contributed by atoms with van der Waals surface area (Å²) in [6.45, 7) is 1.51. The third kappa shape index (κ3) is 1.55. The molecule has 0 N–H and O–H groups in total. The molecule has 0 amide bonds. The van der Waals surface area contributed by atoms with Crippen molar-refractivity contribution in [2.24, 2.45) is 5.41 Å². The molecule has 0 aliphatic heterocycles. The summed E-state index contributed by atoms with van der Waals surface area (Å²) in [6.07, 6.45) is 0.631. The maximum Gasteiger partial charge on any atom is 0.319 e. The molecule has 1 atom stereocenters. The minimum absolute atomic E-state index is 0.292. The van der Waals surface area contributed by atoms with E-state index in [9.17, 15) is 9.59 Å². The van der Waals surface area contributed by atoms with E-state index in [1.54, 1.807) is 0 Å². The molecule has 0 saturated heterocycles. The topological polar surface area (TPSA) is 43.4 Å². The minimum Gasteiger partial charge on any atom is -0.468 e. The number of rotatable bonds is 1. The molecular formula is C8H10Cl2O3. The van der Waals surface area contributed by atoms with Gasteiger partial charge in [0.15, 0.2) is 10.1 Å². The van der Waals surface area contributed by atoms with Crippen LogP contribution in [0.3, 0.4) is 0 Å². The Morgan fingerprint density at radius 1 is 1.46 bits per heavy atom. The Balaban J connectivity index is 2.97. The van der Waals surface area contributed by atoms with Gasteiger partial charge in [0, 0.05) is 0 Å². The number of ether oxygens (including phenoxy) is 1. The molecule has 0 heterocycles. The van der Waals surface area contributed by atoms with Crippen molar-refractivity contribution in [3.63, 3.8) is 0 Å². The fraction of sp³-hybridized carbons (Fsp3) is 0.750. The largest absolute Gasteiger partial charge is 0.468 e. The summed E-state index contributed by atoms with van der Waals surface area (Å²) in [5, 5.41) is 0. The van der Waals surface area contributed by atoms with Gasteiger partial charge in [-0.1, -0.05) is 23.2 Å². The SMILES string of the molecule is COC(=O)C1(C)CCC(Cl)(Cl)C1=O. The van der Waals surface area contributed by atoms with Crippen molar-refractivity contribution in [3.8, 4) is 0 Å². The molecule has 0 aromatic carbocycles. The van der Waals surface area contributed by atoms with Gasteiger partial charge >= 0.3 is 5.97 Å². The fourth-order valence-electron chi connectivity index (χ4n) is 1.46. The lowest BCUT2D eigenvalue weighted by atomic mass is 9.88. The van der Waals surface area contributed by atoms with E-state index in [-0.39, 0.29) is 0 Å². The summed E-state index contributed by atoms with van der Waals surface area (Å²) < 4.78 is 3.10. The maximum atomic E-state index is 11.6. The molecule has 13 heavy (non-hydrogen) atoms. The van der Waals surface area contributed by atoms with Gasteiger partial charge in [-0.25, -0.2) is 0 Å². The molecule has 1 fully saturated rings. The molecule has 1 unspecified atom stereocenters. The van der Waals surface area contributed by atoms with Crippen molar-refractivity contribution in [2.45, 2.75) is 24.1 Å². The third-order valence-electron chi connectivity index (χ3n) is 2.41. The lowest BCUT2D eigenvalue weighted by Gasteiger charge is -2.19. The fourth-order valence-corrected chi connectivity index (χ4v) is 2.06. The van der Waals surface area contributed by atoms with Crippen molar-refractivity contribution in [1.82, 2.24) is 0 Å². The molecule has 0 bridgehead atoms. The first-order valence-electron chi connectivity index (χ1n) is 3.86. The first kappa shape index (κ1) is 10.8. The van der Waals surface area contributed by atoms with Crippen LogP contribution in [0.1, 0.15) is 19.8 Å². The highest BCUT2D eigenvalue weighted by Gasteiger charge is 2.57. The highest BCUT2D eigenvalue weighted by Crippen LogP contribution is 2.47. The van der Waals surface area contributed by atoms with Crippen LogP contribution in [0.15, 0.2) is 0 Å². The normalized spacial score (nSPS) is 31.8. The Kier molecular flexibility index (Phi) is 2.61. The van der Waals surface area contributed by atoms with Crippen LogP contribution in [0.4, 0.5) is 0 Å². The summed E-state index contributed by atoms with van der Waals surface area (Å²) in [4.78, 5) is 22.9. The number of hydrogen-bond donors (Lipinski definition) is 0. The van der Waals surface area contributed by atoms with E-state index in [0.717, 1.165) is 0 Å². The van der Waals surface area contributed by atoms with E-state index in [2.05, 4.69) is 4.74 Å². The summed E-state index contributed by atoms with van der Waals surface area (Å²) >= 11 is 11.4. The van der Waals surface area contributed by atoms with Gasteiger partial charge in [-0.15, -0.1) is 0 Å². The summed E-state index contributed by atoms with van der Waals surface area (Å²) in [5.41, 5.74) is -1.17. The van der Waals surface area contributed by atoms with Crippen LogP contribution in [0.5, 0.6) is 0 Å². The van der Waals surface area contributed by atoms with Crippen molar-refractivity contribution >= 4 is 35.0 Å². The average Bonchev–Trinajstić information content (AvgIpc) is 2.30. The van der Waals surface area contributed by atoms with Crippen molar-refractivity contribution in [1.29, 1.82) is 0 Å². The molecule has 0 aromatic heterocycles. The summed E-state index contributed by atoms with van der Waals surface area (Å²) in [6, 6.07) is 0. The van der Waals surface area contributed by atoms with Crippen LogP contribution in [-0.2, 0) is 14.3 Å². The summed E-state index contributed by atoms with van der Waals surface area (Å²) in [7, 11) is 1.24. The number of alkyl halides is 2. The van der Waals surface area contributed by atoms with Crippen molar-refractivity contribution in [3.05, 3.63) is 0 Å². The second-order valence-electron chi connectivity index (χ2n) is 3.36. The Labute approximate surface area is 86.3 Å². The number of hydrogen-bond acceptors (Lipinski definition) is 3. The Morgan fingerprint density at radius 2 is 2.00 bits per heavy atom. The van der Waals surface area contributed by atoms with Gasteiger partial charge in [0.2, 0.25) is 0 Å². The lowest BCUT2D eigenvalue weighted by Crippen LogP contribution is -2.38. The second-order valence-corrected chi connectivity index (χ2v) is 4.84. The smallest absolute Gasteiger partial charge is 0.319 e. The molecule has 0 spiro atoms. The molecule has 0 aromatic rings. The zero-order valence-corrected chi connectivity index (χ0v) is 8.91. The first-order chi connectivity index (χ1) is 5.84. The monoisotopic (exact) mass is 224 g/mol. The third-order valence-corrected chi connectivity index (χ3v) is 3.13. The van der Waals surface area contributed by atoms with Crippen LogP contribution in [0.25, 0.3) is 0 Å². The van der Waals surface area contributed by atoms with E-state index in [1.807, 2.05) is 0 Å². The van der Waals surface area contributed by atoms with Gasteiger partial charge in [-0.3, -0.25) is 9.59 Å². The quantitative estimate of drug-likeness (QED) is 0.387. The zero-order chi connectivity index (χ0) is 10.3. The zero-order valence-electron chi connectivity index (χ0n) is 7.39. The minimum atomic E-state index is -1.43. The molecule has 1 aliphatic carbocycles. The number of Topliss-reactive ketones (excluding diaryl/α,β-unsaturated/α-hetero) is 1. The van der Waals surface area contributed by atoms with E-state index in [4.69, 9.17) is 23.2 Å².